The minimum atomic E-state index is -0.969. The molecule has 1 aromatic heterocycles. The molecule has 4 rings (SSSR count). The summed E-state index contributed by atoms with van der Waals surface area (Å²) in [7, 11) is 0. The molecule has 0 radical (unpaired) electrons. The van der Waals surface area contributed by atoms with Crippen LogP contribution in [0.15, 0.2) is 82.0 Å². The van der Waals surface area contributed by atoms with Crippen molar-refractivity contribution in [2.24, 2.45) is 0 Å². The van der Waals surface area contributed by atoms with E-state index in [-0.39, 0.29) is 12.4 Å². The third-order valence-corrected chi connectivity index (χ3v) is 5.82. The Morgan fingerprint density at radius 2 is 1.58 bits per heavy atom. The normalized spacial score (nSPS) is 11.6. The predicted octanol–water partition coefficient (Wildman–Crippen LogP) is 5.22. The van der Waals surface area contributed by atoms with Crippen LogP contribution in [0.2, 0.25) is 0 Å². The van der Waals surface area contributed by atoms with Crippen molar-refractivity contribution in [3.8, 4) is 5.75 Å². The van der Waals surface area contributed by atoms with Crippen LogP contribution in [0.25, 0.3) is 11.0 Å². The fourth-order valence-electron chi connectivity index (χ4n) is 3.92. The number of hydrogen-bond donors (Lipinski definition) is 1. The second-order valence-electron chi connectivity index (χ2n) is 8.64. The molecule has 0 unspecified atom stereocenters. The number of ether oxygens (including phenoxy) is 2. The molecule has 7 nitrogen and oxygen atoms in total. The number of rotatable bonds is 7. The van der Waals surface area contributed by atoms with Crippen LogP contribution in [0.4, 0.5) is 4.79 Å². The lowest BCUT2D eigenvalue weighted by Gasteiger charge is -2.16. The second-order valence-corrected chi connectivity index (χ2v) is 8.64. The van der Waals surface area contributed by atoms with Gasteiger partial charge in [0.25, 0.3) is 0 Å². The maximum atomic E-state index is 12.8. The molecular formula is C29H27NO6. The number of hydrogen-bond acceptors (Lipinski definition) is 6. The largest absolute Gasteiger partial charge is 0.445 e. The number of aryl methyl sites for hydroxylation is 2. The monoisotopic (exact) mass is 485 g/mol. The molecule has 1 atom stereocenters. The van der Waals surface area contributed by atoms with E-state index in [1.165, 1.54) is 6.92 Å². The van der Waals surface area contributed by atoms with Gasteiger partial charge in [-0.25, -0.2) is 14.4 Å². The van der Waals surface area contributed by atoms with Gasteiger partial charge in [-0.15, -0.1) is 0 Å². The quantitative estimate of drug-likeness (QED) is 0.219. The van der Waals surface area contributed by atoms with Crippen LogP contribution in [0, 0.1) is 13.8 Å². The third-order valence-electron chi connectivity index (χ3n) is 5.82. The molecule has 184 valence electrons. The van der Waals surface area contributed by atoms with E-state index < -0.39 is 23.7 Å². The molecule has 0 spiro atoms. The maximum absolute atomic E-state index is 12.8. The average molecular weight is 486 g/mol. The Hall–Kier alpha value is -4.39. The lowest BCUT2D eigenvalue weighted by Crippen LogP contribution is -2.41. The molecule has 0 aliphatic carbocycles. The highest BCUT2D eigenvalue weighted by Crippen LogP contribution is 2.32. The van der Waals surface area contributed by atoms with Gasteiger partial charge >= 0.3 is 17.7 Å². The number of benzene rings is 3. The Morgan fingerprint density at radius 3 is 2.25 bits per heavy atom. The van der Waals surface area contributed by atoms with Crippen LogP contribution in [-0.4, -0.2) is 18.1 Å². The summed E-state index contributed by atoms with van der Waals surface area (Å²) in [6.45, 7) is 5.22. The van der Waals surface area contributed by atoms with Crippen LogP contribution < -0.4 is 15.7 Å². The van der Waals surface area contributed by atoms with Crippen molar-refractivity contribution in [1.29, 1.82) is 0 Å². The molecule has 3 aromatic carbocycles. The van der Waals surface area contributed by atoms with Crippen LogP contribution in [0.1, 0.15) is 34.7 Å². The summed E-state index contributed by atoms with van der Waals surface area (Å²) in [5.41, 5.74) is 3.62. The van der Waals surface area contributed by atoms with Gasteiger partial charge in [-0.3, -0.25) is 0 Å². The van der Waals surface area contributed by atoms with Crippen molar-refractivity contribution < 1.29 is 23.5 Å². The lowest BCUT2D eigenvalue weighted by atomic mass is 9.98. The maximum Gasteiger partial charge on any atom is 0.408 e. The topological polar surface area (TPSA) is 94.8 Å². The number of esters is 1. The smallest absolute Gasteiger partial charge is 0.408 e. The molecule has 1 heterocycles. The van der Waals surface area contributed by atoms with E-state index in [1.807, 2.05) is 74.5 Å². The van der Waals surface area contributed by atoms with Crippen molar-refractivity contribution in [1.82, 2.24) is 5.32 Å². The van der Waals surface area contributed by atoms with Gasteiger partial charge in [-0.05, 0) is 55.2 Å². The number of fused-ring (bicyclic) bond motifs is 1. The molecule has 0 fully saturated rings. The highest BCUT2D eigenvalue weighted by molar-refractivity contribution is 5.92. The summed E-state index contributed by atoms with van der Waals surface area (Å²) in [6.07, 6.45) is -0.345. The Kier molecular flexibility index (Phi) is 7.49. The van der Waals surface area contributed by atoms with Crippen LogP contribution >= 0.6 is 0 Å². The van der Waals surface area contributed by atoms with E-state index in [1.54, 1.807) is 12.1 Å². The van der Waals surface area contributed by atoms with Crippen molar-refractivity contribution in [2.45, 2.75) is 39.8 Å². The molecule has 0 bridgehead atoms. The summed E-state index contributed by atoms with van der Waals surface area (Å²) in [4.78, 5) is 37.8. The number of carbonyl (C=O) groups excluding carboxylic acids is 2. The Labute approximate surface area is 208 Å². The minimum Gasteiger partial charge on any atom is -0.445 e. The lowest BCUT2D eigenvalue weighted by molar-refractivity contribution is -0.136. The predicted molar refractivity (Wildman–Crippen MR) is 136 cm³/mol. The zero-order chi connectivity index (χ0) is 25.7. The molecule has 0 aliphatic heterocycles. The van der Waals surface area contributed by atoms with Gasteiger partial charge in [0.1, 0.15) is 24.0 Å². The molecule has 7 heteroatoms. The molecule has 1 N–H and O–H groups in total. The van der Waals surface area contributed by atoms with Crippen molar-refractivity contribution in [3.63, 3.8) is 0 Å². The van der Waals surface area contributed by atoms with E-state index in [0.717, 1.165) is 16.7 Å². The van der Waals surface area contributed by atoms with E-state index in [9.17, 15) is 14.4 Å². The Morgan fingerprint density at radius 1 is 0.944 bits per heavy atom. The van der Waals surface area contributed by atoms with Crippen molar-refractivity contribution >= 4 is 23.0 Å². The van der Waals surface area contributed by atoms with Gasteiger partial charge in [-0.1, -0.05) is 60.7 Å². The van der Waals surface area contributed by atoms with Crippen molar-refractivity contribution in [2.75, 3.05) is 0 Å². The summed E-state index contributed by atoms with van der Waals surface area (Å²) in [5.74, 6) is -0.411. The first-order valence-electron chi connectivity index (χ1n) is 11.6. The highest BCUT2D eigenvalue weighted by Gasteiger charge is 2.22. The molecule has 4 aromatic rings. The minimum absolute atomic E-state index is 0.0827. The zero-order valence-electron chi connectivity index (χ0n) is 20.4. The SMILES string of the molecule is Cc1cc(OC(=O)[C@H](C)NC(=O)OCc2ccccc2)c2c(C)c(Cc3ccccc3)c(=O)oc2c1. The first-order chi connectivity index (χ1) is 17.3. The number of alkyl carbamates (subject to hydrolysis) is 1. The van der Waals surface area contributed by atoms with E-state index in [4.69, 9.17) is 13.9 Å². The number of carbonyl (C=O) groups is 2. The van der Waals surface area contributed by atoms with Crippen LogP contribution in [0.5, 0.6) is 5.75 Å². The Bertz CT molecular complexity index is 1440. The van der Waals surface area contributed by atoms with Gasteiger partial charge < -0.3 is 19.2 Å². The second kappa shape index (κ2) is 10.9. The van der Waals surface area contributed by atoms with Crippen LogP contribution in [0.3, 0.4) is 0 Å². The summed E-state index contributed by atoms with van der Waals surface area (Å²) in [5, 5.41) is 3.03. The van der Waals surface area contributed by atoms with E-state index in [0.29, 0.717) is 28.5 Å². The standard InChI is InChI=1S/C29H27NO6/c1-18-14-24(35-27(31)20(3)30-29(33)34-17-22-12-8-5-9-13-22)26-19(2)23(28(32)36-25(26)15-18)16-21-10-6-4-7-11-21/h4-15,20H,16-17H2,1-3H3,(H,30,33)/t20-/m0/s1. The summed E-state index contributed by atoms with van der Waals surface area (Å²) in [6, 6.07) is 21.3. The zero-order valence-corrected chi connectivity index (χ0v) is 20.4. The highest BCUT2D eigenvalue weighted by atomic mass is 16.6. The summed E-state index contributed by atoms with van der Waals surface area (Å²) < 4.78 is 16.5. The summed E-state index contributed by atoms with van der Waals surface area (Å²) >= 11 is 0. The van der Waals surface area contributed by atoms with Gasteiger partial charge in [0.05, 0.1) is 5.39 Å². The molecular weight excluding hydrogens is 458 g/mol. The molecule has 0 aliphatic rings. The molecule has 36 heavy (non-hydrogen) atoms. The fraction of sp³-hybridized carbons (Fsp3) is 0.207. The Balaban J connectivity index is 1.53. The van der Waals surface area contributed by atoms with E-state index >= 15 is 0 Å². The molecule has 0 saturated carbocycles. The fourth-order valence-corrected chi connectivity index (χ4v) is 3.92. The molecule has 0 saturated heterocycles. The van der Waals surface area contributed by atoms with Gasteiger partial charge in [0.2, 0.25) is 0 Å². The van der Waals surface area contributed by atoms with Gasteiger partial charge in [0, 0.05) is 12.0 Å². The van der Waals surface area contributed by atoms with Gasteiger partial charge in [0.15, 0.2) is 0 Å². The number of amides is 1. The first kappa shape index (κ1) is 24.7. The van der Waals surface area contributed by atoms with Crippen molar-refractivity contribution in [3.05, 3.63) is 111 Å². The molecule has 1 amide bonds. The number of nitrogens with one attached hydrogen (secondary N) is 1. The first-order valence-corrected chi connectivity index (χ1v) is 11.6. The van der Waals surface area contributed by atoms with Crippen LogP contribution in [-0.2, 0) is 22.6 Å². The van der Waals surface area contributed by atoms with Gasteiger partial charge in [-0.2, -0.15) is 0 Å². The third kappa shape index (κ3) is 5.81. The average Bonchev–Trinajstić information content (AvgIpc) is 2.86. The van der Waals surface area contributed by atoms with E-state index in [2.05, 4.69) is 5.32 Å².